The highest BCUT2D eigenvalue weighted by molar-refractivity contribution is 5.82. The Morgan fingerprint density at radius 3 is 2.31 bits per heavy atom. The van der Waals surface area contributed by atoms with Gasteiger partial charge in [-0.05, 0) is 22.3 Å². The molecule has 1 heterocycles. The number of methoxy groups -OCH3 is 1. The summed E-state index contributed by atoms with van der Waals surface area (Å²) < 4.78 is 15.3. The third-order valence-corrected chi connectivity index (χ3v) is 5.02. The van der Waals surface area contributed by atoms with Crippen LogP contribution in [0.2, 0.25) is 0 Å². The van der Waals surface area contributed by atoms with E-state index in [1.54, 1.807) is 6.07 Å². The first kappa shape index (κ1) is 18.7. The minimum atomic E-state index is -0.927. The minimum Gasteiger partial charge on any atom is -0.467 e. The van der Waals surface area contributed by atoms with Crippen LogP contribution in [0.5, 0.6) is 0 Å². The summed E-state index contributed by atoms with van der Waals surface area (Å²) in [5, 5.41) is 6.15. The molecular formula is C22H20N2O5. The van der Waals surface area contributed by atoms with Crippen molar-refractivity contribution >= 4 is 12.1 Å². The second-order valence-corrected chi connectivity index (χ2v) is 6.73. The first-order chi connectivity index (χ1) is 14.2. The molecule has 0 bridgehead atoms. The summed E-state index contributed by atoms with van der Waals surface area (Å²) in [4.78, 5) is 24.4. The highest BCUT2D eigenvalue weighted by Crippen LogP contribution is 2.44. The molecule has 0 aliphatic heterocycles. The Balaban J connectivity index is 1.44. The van der Waals surface area contributed by atoms with Crippen LogP contribution in [0, 0.1) is 0 Å². The van der Waals surface area contributed by atoms with Crippen LogP contribution in [-0.2, 0) is 20.7 Å². The SMILES string of the molecule is COC(=O)[C@H](Cc1ccno1)NC(=O)OCC1c2ccccc2-c2ccccc21. The van der Waals surface area contributed by atoms with Crippen LogP contribution in [0.15, 0.2) is 65.3 Å². The number of amides is 1. The summed E-state index contributed by atoms with van der Waals surface area (Å²) in [5.41, 5.74) is 4.53. The Morgan fingerprint density at radius 2 is 1.72 bits per heavy atom. The zero-order valence-corrected chi connectivity index (χ0v) is 15.8. The van der Waals surface area contributed by atoms with Crippen LogP contribution in [0.25, 0.3) is 11.1 Å². The number of carbonyl (C=O) groups is 2. The van der Waals surface area contributed by atoms with Gasteiger partial charge in [-0.3, -0.25) is 0 Å². The Morgan fingerprint density at radius 1 is 1.07 bits per heavy atom. The van der Waals surface area contributed by atoms with Crippen molar-refractivity contribution < 1.29 is 23.6 Å². The zero-order valence-electron chi connectivity index (χ0n) is 15.8. The van der Waals surface area contributed by atoms with E-state index in [4.69, 9.17) is 14.0 Å². The fraction of sp³-hybridized carbons (Fsp3) is 0.227. The van der Waals surface area contributed by atoms with Gasteiger partial charge in [-0.2, -0.15) is 0 Å². The minimum absolute atomic E-state index is 0.0565. The Bertz CT molecular complexity index is 970. The van der Waals surface area contributed by atoms with Gasteiger partial charge in [-0.1, -0.05) is 53.7 Å². The van der Waals surface area contributed by atoms with Crippen LogP contribution in [0.1, 0.15) is 22.8 Å². The van der Waals surface area contributed by atoms with Gasteiger partial charge in [0, 0.05) is 18.4 Å². The van der Waals surface area contributed by atoms with E-state index < -0.39 is 18.1 Å². The molecule has 0 saturated heterocycles. The summed E-state index contributed by atoms with van der Waals surface area (Å²) in [7, 11) is 1.26. The molecule has 148 valence electrons. The standard InChI is InChI=1S/C22H20N2O5/c1-27-21(25)20(12-14-10-11-23-29-14)24-22(26)28-13-19-17-8-4-2-6-15(17)16-7-3-5-9-18(16)19/h2-11,19-20H,12-13H2,1H3,(H,24,26)/t20-/m0/s1. The number of nitrogens with zero attached hydrogens (tertiary/aromatic N) is 1. The van der Waals surface area contributed by atoms with Crippen molar-refractivity contribution in [2.45, 2.75) is 18.4 Å². The molecule has 0 saturated carbocycles. The van der Waals surface area contributed by atoms with Crippen LogP contribution >= 0.6 is 0 Å². The number of carbonyl (C=O) groups excluding carboxylic acids is 2. The lowest BCUT2D eigenvalue weighted by Crippen LogP contribution is -2.43. The normalized spacial score (nSPS) is 13.3. The van der Waals surface area contributed by atoms with Gasteiger partial charge >= 0.3 is 12.1 Å². The van der Waals surface area contributed by atoms with Gasteiger partial charge in [0.05, 0.1) is 13.3 Å². The van der Waals surface area contributed by atoms with Gasteiger partial charge in [0.15, 0.2) is 0 Å². The molecule has 0 radical (unpaired) electrons. The maximum atomic E-state index is 12.4. The smallest absolute Gasteiger partial charge is 0.407 e. The number of fused-ring (bicyclic) bond motifs is 3. The number of benzene rings is 2. The Labute approximate surface area is 167 Å². The van der Waals surface area contributed by atoms with Crippen molar-refractivity contribution in [2.75, 3.05) is 13.7 Å². The molecule has 1 aliphatic rings. The molecule has 1 N–H and O–H groups in total. The Kier molecular flexibility index (Phi) is 5.29. The van der Waals surface area contributed by atoms with E-state index in [1.807, 2.05) is 36.4 Å². The predicted molar refractivity (Wildman–Crippen MR) is 104 cm³/mol. The zero-order chi connectivity index (χ0) is 20.2. The number of hydrogen-bond donors (Lipinski definition) is 1. The molecule has 0 unspecified atom stereocenters. The van der Waals surface area contributed by atoms with E-state index in [0.717, 1.165) is 22.3 Å². The lowest BCUT2D eigenvalue weighted by molar-refractivity contribution is -0.143. The van der Waals surface area contributed by atoms with Crippen LogP contribution in [0.4, 0.5) is 4.79 Å². The molecule has 29 heavy (non-hydrogen) atoms. The van der Waals surface area contributed by atoms with Gasteiger partial charge in [0.2, 0.25) is 0 Å². The van der Waals surface area contributed by atoms with Crippen LogP contribution in [0.3, 0.4) is 0 Å². The van der Waals surface area contributed by atoms with Crippen molar-refractivity contribution in [3.63, 3.8) is 0 Å². The molecule has 1 atom stereocenters. The average Bonchev–Trinajstić information content (AvgIpc) is 3.37. The molecule has 1 amide bonds. The van der Waals surface area contributed by atoms with Crippen molar-refractivity contribution in [2.24, 2.45) is 0 Å². The second kappa shape index (κ2) is 8.18. The maximum absolute atomic E-state index is 12.4. The van der Waals surface area contributed by atoms with E-state index in [2.05, 4.69) is 22.6 Å². The molecule has 7 heteroatoms. The molecule has 2 aromatic carbocycles. The summed E-state index contributed by atoms with van der Waals surface area (Å²) in [5.74, 6) is -0.187. The van der Waals surface area contributed by atoms with E-state index in [1.165, 1.54) is 13.3 Å². The molecule has 1 aliphatic carbocycles. The highest BCUT2D eigenvalue weighted by Gasteiger charge is 2.30. The lowest BCUT2D eigenvalue weighted by atomic mass is 9.98. The number of aromatic nitrogens is 1. The third kappa shape index (κ3) is 3.85. The number of rotatable bonds is 6. The number of alkyl carbamates (subject to hydrolysis) is 1. The molecule has 0 spiro atoms. The average molecular weight is 392 g/mol. The monoisotopic (exact) mass is 392 g/mol. The highest BCUT2D eigenvalue weighted by atomic mass is 16.6. The predicted octanol–water partition coefficient (Wildman–Crippen LogP) is 3.30. The maximum Gasteiger partial charge on any atom is 0.407 e. The second-order valence-electron chi connectivity index (χ2n) is 6.73. The number of esters is 1. The summed E-state index contributed by atoms with van der Waals surface area (Å²) >= 11 is 0. The topological polar surface area (TPSA) is 90.7 Å². The number of hydrogen-bond acceptors (Lipinski definition) is 6. The van der Waals surface area contributed by atoms with E-state index >= 15 is 0 Å². The molecule has 3 aromatic rings. The van der Waals surface area contributed by atoms with Crippen molar-refractivity contribution in [3.05, 3.63) is 77.7 Å². The number of nitrogens with one attached hydrogen (secondary N) is 1. The van der Waals surface area contributed by atoms with Crippen LogP contribution in [-0.4, -0.2) is 37.0 Å². The largest absolute Gasteiger partial charge is 0.467 e. The summed E-state index contributed by atoms with van der Waals surface area (Å²) in [6.07, 6.45) is 0.898. The van der Waals surface area contributed by atoms with E-state index in [9.17, 15) is 9.59 Å². The molecule has 4 rings (SSSR count). The molecule has 7 nitrogen and oxygen atoms in total. The van der Waals surface area contributed by atoms with Gasteiger partial charge in [0.25, 0.3) is 0 Å². The molecular weight excluding hydrogens is 372 g/mol. The first-order valence-electron chi connectivity index (χ1n) is 9.26. The Hall–Kier alpha value is -3.61. The van der Waals surface area contributed by atoms with Gasteiger partial charge < -0.3 is 19.3 Å². The van der Waals surface area contributed by atoms with Crippen molar-refractivity contribution in [1.29, 1.82) is 0 Å². The summed E-state index contributed by atoms with van der Waals surface area (Å²) in [6, 6.07) is 16.9. The molecule has 1 aromatic heterocycles. The van der Waals surface area contributed by atoms with Gasteiger partial charge in [-0.15, -0.1) is 0 Å². The van der Waals surface area contributed by atoms with Crippen LogP contribution < -0.4 is 5.32 Å². The number of ether oxygens (including phenoxy) is 2. The fourth-order valence-electron chi connectivity index (χ4n) is 3.67. The van der Waals surface area contributed by atoms with Gasteiger partial charge in [0.1, 0.15) is 18.4 Å². The quantitative estimate of drug-likeness (QED) is 0.648. The van der Waals surface area contributed by atoms with Crippen molar-refractivity contribution in [1.82, 2.24) is 10.5 Å². The summed E-state index contributed by atoms with van der Waals surface area (Å²) in [6.45, 7) is 0.163. The van der Waals surface area contributed by atoms with E-state index in [0.29, 0.717) is 5.76 Å². The molecule has 0 fully saturated rings. The first-order valence-corrected chi connectivity index (χ1v) is 9.26. The van der Waals surface area contributed by atoms with E-state index in [-0.39, 0.29) is 18.9 Å². The van der Waals surface area contributed by atoms with Gasteiger partial charge in [-0.25, -0.2) is 9.59 Å². The lowest BCUT2D eigenvalue weighted by Gasteiger charge is -2.17. The third-order valence-electron chi connectivity index (χ3n) is 5.02. The van der Waals surface area contributed by atoms with Crippen molar-refractivity contribution in [3.8, 4) is 11.1 Å². The fourth-order valence-corrected chi connectivity index (χ4v) is 3.67.